The molecule has 7 heteroatoms. The largest absolute Gasteiger partial charge is 0.391 e. The SMILES string of the molecule is [2H]C([2H])(O)c1sc2c(c1C)c(=O)n(C1CC1)c(=O)n2CCOC. The summed E-state index contributed by atoms with van der Waals surface area (Å²) >= 11 is 0.946. The third-order valence-corrected chi connectivity index (χ3v) is 5.00. The van der Waals surface area contributed by atoms with Gasteiger partial charge in [-0.3, -0.25) is 13.9 Å². The Bertz CT molecular complexity index is 874. The fourth-order valence-electron chi connectivity index (χ4n) is 2.51. The predicted molar refractivity (Wildman–Crippen MR) is 81.2 cm³/mol. The summed E-state index contributed by atoms with van der Waals surface area (Å²) in [5.41, 5.74) is -0.401. The van der Waals surface area contributed by atoms with Crippen LogP contribution in [-0.2, 0) is 17.8 Å². The van der Waals surface area contributed by atoms with Crippen molar-refractivity contribution < 1.29 is 12.6 Å². The number of aromatic nitrogens is 2. The molecule has 0 bridgehead atoms. The van der Waals surface area contributed by atoms with E-state index in [4.69, 9.17) is 7.48 Å². The highest BCUT2D eigenvalue weighted by atomic mass is 32.1. The van der Waals surface area contributed by atoms with Gasteiger partial charge in [0.25, 0.3) is 5.56 Å². The Hall–Kier alpha value is -1.44. The Morgan fingerprint density at radius 3 is 2.76 bits per heavy atom. The van der Waals surface area contributed by atoms with Gasteiger partial charge in [0.05, 0.1) is 27.8 Å². The number of nitrogens with zero attached hydrogens (tertiary/aromatic N) is 2. The van der Waals surface area contributed by atoms with Crippen LogP contribution in [0, 0.1) is 6.92 Å². The van der Waals surface area contributed by atoms with Crippen molar-refractivity contribution in [1.82, 2.24) is 9.13 Å². The van der Waals surface area contributed by atoms with Gasteiger partial charge in [0.1, 0.15) is 4.83 Å². The number of thiophene rings is 1. The van der Waals surface area contributed by atoms with Crippen molar-refractivity contribution in [3.63, 3.8) is 0 Å². The molecule has 21 heavy (non-hydrogen) atoms. The smallest absolute Gasteiger partial charge is 0.332 e. The molecule has 2 aromatic rings. The van der Waals surface area contributed by atoms with E-state index in [-0.39, 0.29) is 17.5 Å². The van der Waals surface area contributed by atoms with Gasteiger partial charge in [0.15, 0.2) is 0 Å². The zero-order valence-electron chi connectivity index (χ0n) is 13.9. The van der Waals surface area contributed by atoms with Crippen LogP contribution in [0.3, 0.4) is 0 Å². The first kappa shape index (κ1) is 12.1. The van der Waals surface area contributed by atoms with Gasteiger partial charge in [0.2, 0.25) is 0 Å². The van der Waals surface area contributed by atoms with Crippen LogP contribution in [0.2, 0.25) is 0 Å². The van der Waals surface area contributed by atoms with E-state index in [2.05, 4.69) is 0 Å². The molecule has 1 saturated carbocycles. The highest BCUT2D eigenvalue weighted by molar-refractivity contribution is 7.18. The Kier molecular flexibility index (Phi) is 3.12. The van der Waals surface area contributed by atoms with Gasteiger partial charge in [-0.1, -0.05) is 0 Å². The molecule has 0 saturated heterocycles. The first-order chi connectivity index (χ1) is 10.8. The monoisotopic (exact) mass is 312 g/mol. The fraction of sp³-hybridized carbons (Fsp3) is 0.571. The maximum atomic E-state index is 12.7. The Morgan fingerprint density at radius 2 is 2.19 bits per heavy atom. The average Bonchev–Trinajstić information content (AvgIpc) is 3.21. The minimum absolute atomic E-state index is 0.0590. The molecule has 0 spiro atoms. The van der Waals surface area contributed by atoms with E-state index in [0.717, 1.165) is 24.2 Å². The van der Waals surface area contributed by atoms with Gasteiger partial charge in [0, 0.05) is 18.0 Å². The summed E-state index contributed by atoms with van der Waals surface area (Å²) in [5.74, 6) is 0. The highest BCUT2D eigenvalue weighted by Crippen LogP contribution is 2.34. The van der Waals surface area contributed by atoms with Gasteiger partial charge >= 0.3 is 5.69 Å². The van der Waals surface area contributed by atoms with Gasteiger partial charge in [-0.25, -0.2) is 4.79 Å². The number of hydrogen-bond acceptors (Lipinski definition) is 5. The van der Waals surface area contributed by atoms with Crippen LogP contribution < -0.4 is 11.2 Å². The van der Waals surface area contributed by atoms with E-state index in [9.17, 15) is 14.7 Å². The fourth-order valence-corrected chi connectivity index (χ4v) is 3.62. The van der Waals surface area contributed by atoms with Crippen LogP contribution in [-0.4, -0.2) is 28.0 Å². The number of methoxy groups -OCH3 is 1. The molecule has 1 aliphatic carbocycles. The van der Waals surface area contributed by atoms with Crippen molar-refractivity contribution in [3.05, 3.63) is 31.3 Å². The molecule has 6 nitrogen and oxygen atoms in total. The van der Waals surface area contributed by atoms with Crippen molar-refractivity contribution in [2.24, 2.45) is 0 Å². The second-order valence-electron chi connectivity index (χ2n) is 5.18. The summed E-state index contributed by atoms with van der Waals surface area (Å²) in [6.07, 6.45) is 1.59. The van der Waals surface area contributed by atoms with Crippen molar-refractivity contribution in [1.29, 1.82) is 0 Å². The summed E-state index contributed by atoms with van der Waals surface area (Å²) < 4.78 is 22.8. The number of aryl methyl sites for hydroxylation is 1. The van der Waals surface area contributed by atoms with Crippen LogP contribution in [0.25, 0.3) is 10.2 Å². The van der Waals surface area contributed by atoms with Crippen LogP contribution in [0.4, 0.5) is 0 Å². The molecule has 3 rings (SSSR count). The van der Waals surface area contributed by atoms with Gasteiger partial charge in [-0.05, 0) is 25.3 Å². The summed E-state index contributed by atoms with van der Waals surface area (Å²) in [4.78, 5) is 25.9. The molecule has 2 aromatic heterocycles. The number of aliphatic hydroxyl groups is 1. The van der Waals surface area contributed by atoms with Crippen LogP contribution in [0.1, 0.15) is 32.1 Å². The molecule has 0 radical (unpaired) electrons. The molecular formula is C14H18N2O4S. The Labute approximate surface area is 128 Å². The lowest BCUT2D eigenvalue weighted by molar-refractivity contribution is 0.186. The van der Waals surface area contributed by atoms with E-state index < -0.39 is 17.8 Å². The van der Waals surface area contributed by atoms with Crippen LogP contribution >= 0.6 is 11.3 Å². The molecule has 0 aromatic carbocycles. The number of ether oxygens (including phenoxy) is 1. The lowest BCUT2D eigenvalue weighted by Gasteiger charge is -2.11. The first-order valence-electron chi connectivity index (χ1n) is 7.77. The molecule has 114 valence electrons. The molecular weight excluding hydrogens is 292 g/mol. The molecule has 0 unspecified atom stereocenters. The van der Waals surface area contributed by atoms with Gasteiger partial charge in [-0.15, -0.1) is 11.3 Å². The van der Waals surface area contributed by atoms with E-state index >= 15 is 0 Å². The third kappa shape index (κ3) is 2.25. The van der Waals surface area contributed by atoms with Crippen molar-refractivity contribution in [2.75, 3.05) is 13.7 Å². The lowest BCUT2D eigenvalue weighted by atomic mass is 10.2. The molecule has 0 aliphatic heterocycles. The van der Waals surface area contributed by atoms with E-state index in [0.29, 0.717) is 22.4 Å². The topological polar surface area (TPSA) is 73.5 Å². The van der Waals surface area contributed by atoms with E-state index in [1.807, 2.05) is 0 Å². The Balaban J connectivity index is 2.39. The predicted octanol–water partition coefficient (Wildman–Crippen LogP) is 1.01. The molecule has 0 atom stereocenters. The van der Waals surface area contributed by atoms with Crippen LogP contribution in [0.5, 0.6) is 0 Å². The third-order valence-electron chi connectivity index (χ3n) is 3.78. The number of hydrogen-bond donors (Lipinski definition) is 1. The zero-order chi connectivity index (χ0) is 16.9. The quantitative estimate of drug-likeness (QED) is 0.894. The molecule has 1 N–H and O–H groups in total. The van der Waals surface area contributed by atoms with E-state index in [1.54, 1.807) is 6.92 Å². The zero-order valence-corrected chi connectivity index (χ0v) is 12.7. The number of fused-ring (bicyclic) bond motifs is 1. The molecule has 1 aliphatic rings. The molecule has 0 amide bonds. The second-order valence-corrected chi connectivity index (χ2v) is 6.18. The van der Waals surface area contributed by atoms with Crippen molar-refractivity contribution >= 4 is 21.6 Å². The van der Waals surface area contributed by atoms with Gasteiger partial charge in [-0.2, -0.15) is 0 Å². The lowest BCUT2D eigenvalue weighted by Crippen LogP contribution is -2.39. The van der Waals surface area contributed by atoms with Crippen molar-refractivity contribution in [2.45, 2.75) is 38.9 Å². The number of rotatable bonds is 5. The first-order valence-corrected chi connectivity index (χ1v) is 7.59. The van der Waals surface area contributed by atoms with Crippen molar-refractivity contribution in [3.8, 4) is 0 Å². The molecule has 1 fully saturated rings. The summed E-state index contributed by atoms with van der Waals surface area (Å²) in [6, 6.07) is -0.0816. The minimum atomic E-state index is -2.55. The maximum Gasteiger partial charge on any atom is 0.332 e. The second kappa shape index (κ2) is 5.40. The van der Waals surface area contributed by atoms with Crippen LogP contribution in [0.15, 0.2) is 9.59 Å². The summed E-state index contributed by atoms with van der Waals surface area (Å²) in [5, 5.41) is 10.0. The highest BCUT2D eigenvalue weighted by Gasteiger charge is 2.30. The summed E-state index contributed by atoms with van der Waals surface area (Å²) in [7, 11) is 1.52. The van der Waals surface area contributed by atoms with Gasteiger partial charge < -0.3 is 9.84 Å². The minimum Gasteiger partial charge on any atom is -0.391 e. The summed E-state index contributed by atoms with van der Waals surface area (Å²) in [6.45, 7) is -0.373. The Morgan fingerprint density at radius 1 is 1.48 bits per heavy atom. The standard InChI is InChI=1S/C14H18N2O4S/c1-8-10(7-17)21-13-11(8)12(18)16(9-3-4-9)14(19)15(13)5-6-20-2/h9,17H,3-7H2,1-2H3/i7D2. The maximum absolute atomic E-state index is 12.7. The average molecular weight is 312 g/mol. The van der Waals surface area contributed by atoms with E-state index in [1.165, 1.54) is 16.2 Å². The normalized spacial score (nSPS) is 17.1. The molecule has 2 heterocycles.